The molecule has 0 spiro atoms. The first kappa shape index (κ1) is 29.0. The largest absolute Gasteiger partial charge is 0.462 e. The number of rotatable bonds is 11. The van der Waals surface area contributed by atoms with Crippen LogP contribution in [0.4, 0.5) is 11.8 Å². The molecule has 6 N–H and O–H groups in total. The highest BCUT2D eigenvalue weighted by Crippen LogP contribution is 2.46. The molecule has 2 aromatic heterocycles. The van der Waals surface area contributed by atoms with Crippen LogP contribution in [0.2, 0.25) is 0 Å². The minimum absolute atomic E-state index is 0.0233. The van der Waals surface area contributed by atoms with Crippen LogP contribution in [0, 0.1) is 0 Å². The number of imidazole rings is 1. The van der Waals surface area contributed by atoms with Crippen LogP contribution in [0.3, 0.4) is 0 Å². The third-order valence-electron chi connectivity index (χ3n) is 5.70. The molecule has 6 atom stereocenters. The van der Waals surface area contributed by atoms with Crippen molar-refractivity contribution in [2.24, 2.45) is 5.11 Å². The number of carbonyl (C=O) groups is 1. The third kappa shape index (κ3) is 6.42. The topological polar surface area (TPSA) is 248 Å². The number of carbonyl (C=O) groups excluding carboxylic acids is 1. The number of ether oxygens (including phenoxy) is 2. The number of esters is 1. The number of aliphatic hydroxyl groups excluding tert-OH is 1. The Morgan fingerprint density at radius 2 is 2.02 bits per heavy atom. The van der Waals surface area contributed by atoms with E-state index in [0.717, 1.165) is 0 Å². The van der Waals surface area contributed by atoms with Crippen molar-refractivity contribution in [3.05, 3.63) is 47.1 Å². The summed E-state index contributed by atoms with van der Waals surface area (Å²) in [5, 5.41) is 17.2. The number of aliphatic hydroxyl groups is 1. The maximum atomic E-state index is 13.8. The van der Waals surface area contributed by atoms with Crippen LogP contribution in [-0.2, 0) is 23.4 Å². The van der Waals surface area contributed by atoms with Crippen LogP contribution < -0.4 is 21.1 Å². The van der Waals surface area contributed by atoms with Crippen LogP contribution in [-0.4, -0.2) is 67.6 Å². The van der Waals surface area contributed by atoms with Gasteiger partial charge in [0, 0.05) is 4.91 Å². The molecule has 18 heteroatoms. The molecule has 0 amide bonds. The summed E-state index contributed by atoms with van der Waals surface area (Å²) in [6.45, 7) is 4.29. The molecular weight excluding hydrogens is 547 g/mol. The normalized spacial score (nSPS) is 22.9. The lowest BCUT2D eigenvalue weighted by atomic mass is 10.1. The molecule has 0 radical (unpaired) electrons. The molecule has 214 valence electrons. The molecule has 0 saturated carbocycles. The number of nitrogen functional groups attached to an aromatic ring is 2. The van der Waals surface area contributed by atoms with E-state index in [1.165, 1.54) is 17.8 Å². The molecule has 1 aliphatic heterocycles. The molecule has 3 heterocycles. The summed E-state index contributed by atoms with van der Waals surface area (Å²) in [6.07, 6.45) is -2.77. The maximum Gasteiger partial charge on any atom is 0.459 e. The number of anilines is 2. The van der Waals surface area contributed by atoms with E-state index >= 15 is 0 Å². The number of nitrogens with zero attached hydrogens (tertiary/aromatic N) is 7. The highest BCUT2D eigenvalue weighted by atomic mass is 31.2. The van der Waals surface area contributed by atoms with Gasteiger partial charge in [-0.25, -0.2) is 9.55 Å². The fourth-order valence-corrected chi connectivity index (χ4v) is 5.43. The van der Waals surface area contributed by atoms with Gasteiger partial charge < -0.3 is 30.6 Å². The smallest absolute Gasteiger partial charge is 0.459 e. The third-order valence-corrected chi connectivity index (χ3v) is 7.34. The van der Waals surface area contributed by atoms with Gasteiger partial charge in [-0.3, -0.25) is 13.9 Å². The van der Waals surface area contributed by atoms with Gasteiger partial charge in [0.25, 0.3) is 0 Å². The maximum absolute atomic E-state index is 13.8. The number of benzene rings is 1. The molecule has 0 unspecified atom stereocenters. The van der Waals surface area contributed by atoms with Gasteiger partial charge in [-0.15, -0.1) is 0 Å². The highest BCUT2D eigenvalue weighted by molar-refractivity contribution is 7.52. The zero-order valence-corrected chi connectivity index (χ0v) is 22.7. The lowest BCUT2D eigenvalue weighted by Crippen LogP contribution is -2.37. The Labute approximate surface area is 228 Å². The average molecular weight is 577 g/mol. The fourth-order valence-electron chi connectivity index (χ4n) is 3.93. The summed E-state index contributed by atoms with van der Waals surface area (Å²) in [4.78, 5) is 27.3. The van der Waals surface area contributed by atoms with Gasteiger partial charge in [0.2, 0.25) is 5.95 Å². The van der Waals surface area contributed by atoms with Crippen LogP contribution in [0.5, 0.6) is 5.75 Å². The number of hydrogen-bond donors (Lipinski definition) is 4. The van der Waals surface area contributed by atoms with Crippen molar-refractivity contribution in [3.63, 3.8) is 0 Å². The number of nitrogens with one attached hydrogen (secondary N) is 1. The molecule has 40 heavy (non-hydrogen) atoms. The van der Waals surface area contributed by atoms with Crippen molar-refractivity contribution >= 4 is 36.6 Å². The fraction of sp³-hybridized carbons (Fsp3) is 0.455. The number of fused-ring (bicyclic) bond motifs is 1. The van der Waals surface area contributed by atoms with Crippen molar-refractivity contribution in [3.8, 4) is 5.75 Å². The second-order valence-electron chi connectivity index (χ2n) is 9.08. The first-order valence-corrected chi connectivity index (χ1v) is 13.7. The molecule has 1 aromatic carbocycles. The number of hydrogen-bond acceptors (Lipinski definition) is 13. The van der Waals surface area contributed by atoms with E-state index in [-0.39, 0.29) is 28.7 Å². The molecule has 0 bridgehead atoms. The monoisotopic (exact) mass is 576 g/mol. The van der Waals surface area contributed by atoms with E-state index in [4.69, 9.17) is 35.5 Å². The number of aromatic nitrogens is 4. The van der Waals surface area contributed by atoms with Crippen LogP contribution in [0.15, 0.2) is 41.8 Å². The van der Waals surface area contributed by atoms with Crippen molar-refractivity contribution in [2.45, 2.75) is 57.4 Å². The Kier molecular flexibility index (Phi) is 8.73. The van der Waals surface area contributed by atoms with Gasteiger partial charge in [0.1, 0.15) is 35.7 Å². The van der Waals surface area contributed by atoms with E-state index in [1.807, 2.05) is 0 Å². The molecule has 1 aliphatic rings. The van der Waals surface area contributed by atoms with Crippen molar-refractivity contribution in [2.75, 3.05) is 18.1 Å². The van der Waals surface area contributed by atoms with E-state index in [2.05, 4.69) is 30.1 Å². The number of nitrogens with two attached hydrogens (primary N) is 2. The summed E-state index contributed by atoms with van der Waals surface area (Å²) in [5.41, 5.74) is 21.1. The van der Waals surface area contributed by atoms with Gasteiger partial charge in [0.15, 0.2) is 11.5 Å². The molecule has 1 saturated heterocycles. The second kappa shape index (κ2) is 12.0. The zero-order chi connectivity index (χ0) is 29.0. The molecule has 1 fully saturated rings. The summed E-state index contributed by atoms with van der Waals surface area (Å²) in [6, 6.07) is 5.90. The molecule has 0 aliphatic carbocycles. The lowest BCUT2D eigenvalue weighted by Gasteiger charge is -2.25. The Balaban J connectivity index is 1.57. The van der Waals surface area contributed by atoms with Crippen LogP contribution >= 0.6 is 7.75 Å². The SMILES string of the molecule is CC(C)OC(=O)[C@@H](C)N[P@](=O)(OC[C@H]1O[C@@H](n2cnc3c(N)nc(N)nc32)[C@H](N=[N+]=[N-])[C@@H]1O)Oc1ccccc1. The highest BCUT2D eigenvalue weighted by Gasteiger charge is 2.46. The Morgan fingerprint density at radius 3 is 2.70 bits per heavy atom. The predicted octanol–water partition coefficient (Wildman–Crippen LogP) is 2.06. The van der Waals surface area contributed by atoms with Gasteiger partial charge >= 0.3 is 13.7 Å². The predicted molar refractivity (Wildman–Crippen MR) is 141 cm³/mol. The summed E-state index contributed by atoms with van der Waals surface area (Å²) < 4.78 is 37.5. The second-order valence-corrected chi connectivity index (χ2v) is 10.8. The van der Waals surface area contributed by atoms with Gasteiger partial charge in [-0.2, -0.15) is 15.1 Å². The van der Waals surface area contributed by atoms with Crippen molar-refractivity contribution < 1.29 is 33.0 Å². The van der Waals surface area contributed by atoms with Crippen LogP contribution in [0.1, 0.15) is 27.0 Å². The van der Waals surface area contributed by atoms with Crippen molar-refractivity contribution in [1.29, 1.82) is 0 Å². The van der Waals surface area contributed by atoms with Crippen molar-refractivity contribution in [1.82, 2.24) is 24.6 Å². The first-order chi connectivity index (χ1) is 19.0. The Bertz CT molecular complexity index is 1450. The Hall–Kier alpha value is -3.98. The van der Waals surface area contributed by atoms with Crippen LogP contribution in [0.25, 0.3) is 21.6 Å². The van der Waals surface area contributed by atoms with E-state index in [1.54, 1.807) is 44.2 Å². The molecule has 17 nitrogen and oxygen atoms in total. The lowest BCUT2D eigenvalue weighted by molar-refractivity contribution is -0.149. The summed E-state index contributed by atoms with van der Waals surface area (Å²) >= 11 is 0. The molecule has 3 aromatic rings. The minimum Gasteiger partial charge on any atom is -0.462 e. The minimum atomic E-state index is -4.26. The van der Waals surface area contributed by atoms with E-state index < -0.39 is 56.9 Å². The molecular formula is C22H29N10O7P. The van der Waals surface area contributed by atoms with E-state index in [0.29, 0.717) is 0 Å². The first-order valence-electron chi connectivity index (χ1n) is 12.1. The summed E-state index contributed by atoms with van der Waals surface area (Å²) in [7, 11) is -4.26. The van der Waals surface area contributed by atoms with Gasteiger partial charge in [-0.1, -0.05) is 23.3 Å². The standard InChI is InChI=1S/C22H29N10O7P/c1-11(2)37-21(34)12(3)30-40(35,39-13-7-5-4-6-8-13)36-9-14-17(33)15(29-31-25)20(38-14)32-10-26-16-18(23)27-22(24)28-19(16)32/h4-8,10-12,14-15,17,20,33H,9H2,1-3H3,(H,30,35)(H4,23,24,27,28)/t12-,14-,15-,17-,20-,40+/m1/s1. The number of azide groups is 1. The van der Waals surface area contributed by atoms with Gasteiger partial charge in [-0.05, 0) is 38.4 Å². The average Bonchev–Trinajstić information content (AvgIpc) is 3.44. The van der Waals surface area contributed by atoms with Gasteiger partial charge in [0.05, 0.1) is 25.1 Å². The Morgan fingerprint density at radius 1 is 1.30 bits per heavy atom. The number of para-hydroxylation sites is 1. The quantitative estimate of drug-likeness (QED) is 0.0840. The molecule has 4 rings (SSSR count). The summed E-state index contributed by atoms with van der Waals surface area (Å²) in [5.74, 6) is -0.584. The van der Waals surface area contributed by atoms with E-state index in [9.17, 15) is 14.5 Å². The zero-order valence-electron chi connectivity index (χ0n) is 21.8.